The Morgan fingerprint density at radius 1 is 1.03 bits per heavy atom. The van der Waals surface area contributed by atoms with Gasteiger partial charge in [-0.1, -0.05) is 51.1 Å². The van der Waals surface area contributed by atoms with Gasteiger partial charge in [0.15, 0.2) is 5.70 Å². The number of rotatable bonds is 5. The Morgan fingerprint density at radius 3 is 2.34 bits per heavy atom. The summed E-state index contributed by atoms with van der Waals surface area (Å²) in [5, 5.41) is 10.9. The molecule has 176 valence electrons. The zero-order valence-electron chi connectivity index (χ0n) is 19.3. The van der Waals surface area contributed by atoms with E-state index in [1.807, 2.05) is 24.3 Å². The third-order valence-corrected chi connectivity index (χ3v) is 5.31. The number of nitro benzene ring substituents is 1. The van der Waals surface area contributed by atoms with E-state index in [9.17, 15) is 19.7 Å². The first-order valence-corrected chi connectivity index (χ1v) is 10.8. The number of non-ortho nitro benzene ring substituents is 1. The van der Waals surface area contributed by atoms with E-state index >= 15 is 0 Å². The normalized spacial score (nSPS) is 14.4. The van der Waals surface area contributed by atoms with Gasteiger partial charge in [0, 0.05) is 17.7 Å². The number of carbonyl (C=O) groups excluding carboxylic acids is 2. The van der Waals surface area contributed by atoms with Crippen LogP contribution in [0.15, 0.2) is 83.5 Å². The molecule has 0 fully saturated rings. The summed E-state index contributed by atoms with van der Waals surface area (Å²) in [5.74, 6) is -0.781. The zero-order valence-corrected chi connectivity index (χ0v) is 19.3. The van der Waals surface area contributed by atoms with Crippen molar-refractivity contribution in [2.45, 2.75) is 26.2 Å². The van der Waals surface area contributed by atoms with E-state index < -0.39 is 16.9 Å². The van der Waals surface area contributed by atoms with E-state index in [2.05, 4.69) is 25.8 Å². The van der Waals surface area contributed by atoms with Crippen LogP contribution < -0.4 is 4.74 Å². The largest absolute Gasteiger partial charge is 0.423 e. The molecule has 8 heteroatoms. The molecule has 0 bridgehead atoms. The van der Waals surface area contributed by atoms with Crippen molar-refractivity contribution < 1.29 is 24.0 Å². The van der Waals surface area contributed by atoms with E-state index in [1.54, 1.807) is 30.3 Å². The maximum absolute atomic E-state index is 12.3. The summed E-state index contributed by atoms with van der Waals surface area (Å²) in [5.41, 5.74) is 2.55. The van der Waals surface area contributed by atoms with Crippen LogP contribution in [-0.2, 0) is 14.9 Å². The molecule has 1 aliphatic heterocycles. The van der Waals surface area contributed by atoms with E-state index in [1.165, 1.54) is 18.2 Å². The van der Waals surface area contributed by atoms with Gasteiger partial charge in [0.25, 0.3) is 5.69 Å². The van der Waals surface area contributed by atoms with Crippen LogP contribution in [0.3, 0.4) is 0 Å². The summed E-state index contributed by atoms with van der Waals surface area (Å²) in [7, 11) is 0. The Balaban J connectivity index is 1.47. The van der Waals surface area contributed by atoms with Crippen LogP contribution >= 0.6 is 0 Å². The first kappa shape index (κ1) is 23.6. The van der Waals surface area contributed by atoms with Gasteiger partial charge in [-0.3, -0.25) is 10.1 Å². The number of benzene rings is 3. The van der Waals surface area contributed by atoms with Crippen molar-refractivity contribution in [2.75, 3.05) is 0 Å². The molecule has 1 aliphatic rings. The van der Waals surface area contributed by atoms with Crippen LogP contribution in [0.2, 0.25) is 0 Å². The Hall–Kier alpha value is -4.59. The summed E-state index contributed by atoms with van der Waals surface area (Å²) in [6.45, 7) is 6.36. The van der Waals surface area contributed by atoms with Crippen LogP contribution in [0.5, 0.6) is 5.75 Å². The number of esters is 2. The van der Waals surface area contributed by atoms with Crippen LogP contribution in [-0.4, -0.2) is 22.8 Å². The molecule has 0 saturated heterocycles. The molecule has 3 aromatic carbocycles. The van der Waals surface area contributed by atoms with Crippen molar-refractivity contribution in [2.24, 2.45) is 4.99 Å². The second kappa shape index (κ2) is 9.34. The molecular weight excluding hydrogens is 448 g/mol. The van der Waals surface area contributed by atoms with Crippen molar-refractivity contribution in [1.82, 2.24) is 0 Å². The predicted octanol–water partition coefficient (Wildman–Crippen LogP) is 5.46. The quantitative estimate of drug-likeness (QED) is 0.161. The lowest BCUT2D eigenvalue weighted by atomic mass is 9.87. The van der Waals surface area contributed by atoms with Gasteiger partial charge < -0.3 is 9.47 Å². The summed E-state index contributed by atoms with van der Waals surface area (Å²) in [6.07, 6.45) is 1.57. The lowest BCUT2D eigenvalue weighted by molar-refractivity contribution is -0.384. The van der Waals surface area contributed by atoms with E-state index in [-0.39, 0.29) is 34.0 Å². The molecule has 0 spiro atoms. The van der Waals surface area contributed by atoms with Crippen LogP contribution in [0, 0.1) is 10.1 Å². The highest BCUT2D eigenvalue weighted by Crippen LogP contribution is 2.25. The van der Waals surface area contributed by atoms with Gasteiger partial charge in [-0.05, 0) is 52.9 Å². The molecular formula is C27H22N2O6. The summed E-state index contributed by atoms with van der Waals surface area (Å²) < 4.78 is 10.6. The number of hydrogen-bond acceptors (Lipinski definition) is 7. The van der Waals surface area contributed by atoms with E-state index in [4.69, 9.17) is 9.47 Å². The fourth-order valence-corrected chi connectivity index (χ4v) is 3.35. The molecule has 0 aliphatic carbocycles. The van der Waals surface area contributed by atoms with Gasteiger partial charge in [-0.25, -0.2) is 14.6 Å². The molecule has 8 nitrogen and oxygen atoms in total. The van der Waals surface area contributed by atoms with Crippen molar-refractivity contribution in [3.63, 3.8) is 0 Å². The lowest BCUT2D eigenvalue weighted by Crippen LogP contribution is -2.11. The van der Waals surface area contributed by atoms with Crippen LogP contribution in [0.25, 0.3) is 6.08 Å². The standard InChI is InChI=1S/C27H22N2O6/c1-27(2,3)20-11-9-18(10-12-20)24-28-23(26(31)35-24)15-17-7-13-22(14-8-17)34-25(30)19-5-4-6-21(16-19)29(32)33/h4-16H,1-3H3/b23-15-. The number of carbonyl (C=O) groups is 2. The van der Waals surface area contributed by atoms with Gasteiger partial charge >= 0.3 is 11.9 Å². The maximum atomic E-state index is 12.3. The number of nitrogens with zero attached hydrogens (tertiary/aromatic N) is 2. The molecule has 1 heterocycles. The minimum Gasteiger partial charge on any atom is -0.423 e. The minimum atomic E-state index is -0.717. The maximum Gasteiger partial charge on any atom is 0.363 e. The predicted molar refractivity (Wildman–Crippen MR) is 130 cm³/mol. The highest BCUT2D eigenvalue weighted by atomic mass is 16.6. The second-order valence-corrected chi connectivity index (χ2v) is 8.93. The summed E-state index contributed by atoms with van der Waals surface area (Å²) >= 11 is 0. The van der Waals surface area contributed by atoms with E-state index in [0.29, 0.717) is 11.1 Å². The number of aliphatic imine (C=N–C) groups is 1. The summed E-state index contributed by atoms with van der Waals surface area (Å²) in [6, 6.07) is 19.4. The van der Waals surface area contributed by atoms with Crippen LogP contribution in [0.1, 0.15) is 47.8 Å². The first-order chi connectivity index (χ1) is 16.6. The number of nitro groups is 1. The van der Waals surface area contributed by atoms with Crippen molar-refractivity contribution in [1.29, 1.82) is 0 Å². The smallest absolute Gasteiger partial charge is 0.363 e. The minimum absolute atomic E-state index is 0.0112. The molecule has 0 amide bonds. The molecule has 0 aromatic heterocycles. The van der Waals surface area contributed by atoms with Crippen LogP contribution in [0.4, 0.5) is 5.69 Å². The number of ether oxygens (including phenoxy) is 2. The monoisotopic (exact) mass is 470 g/mol. The molecule has 0 radical (unpaired) electrons. The van der Waals surface area contributed by atoms with Gasteiger partial charge in [-0.15, -0.1) is 0 Å². The Kier molecular flexibility index (Phi) is 6.29. The average Bonchev–Trinajstić information content (AvgIpc) is 3.20. The highest BCUT2D eigenvalue weighted by molar-refractivity contribution is 6.12. The SMILES string of the molecule is CC(C)(C)c1ccc(C2=N/C(=C\c3ccc(OC(=O)c4cccc([N+](=O)[O-])c4)cc3)C(=O)O2)cc1. The molecule has 4 rings (SSSR count). The molecule has 35 heavy (non-hydrogen) atoms. The van der Waals surface area contributed by atoms with Gasteiger partial charge in [0.1, 0.15) is 5.75 Å². The fourth-order valence-electron chi connectivity index (χ4n) is 3.35. The third kappa shape index (κ3) is 5.50. The average molecular weight is 470 g/mol. The molecule has 0 atom stereocenters. The number of cyclic esters (lactones) is 1. The summed E-state index contributed by atoms with van der Waals surface area (Å²) in [4.78, 5) is 39.3. The third-order valence-electron chi connectivity index (χ3n) is 5.31. The fraction of sp³-hybridized carbons (Fsp3) is 0.148. The van der Waals surface area contributed by atoms with Gasteiger partial charge in [0.2, 0.25) is 5.90 Å². The van der Waals surface area contributed by atoms with E-state index in [0.717, 1.165) is 11.6 Å². The Labute approximate surface area is 201 Å². The lowest BCUT2D eigenvalue weighted by Gasteiger charge is -2.18. The van der Waals surface area contributed by atoms with Gasteiger partial charge in [-0.2, -0.15) is 0 Å². The van der Waals surface area contributed by atoms with Crippen molar-refractivity contribution in [3.8, 4) is 5.75 Å². The van der Waals surface area contributed by atoms with Crippen molar-refractivity contribution in [3.05, 3.63) is 111 Å². The highest BCUT2D eigenvalue weighted by Gasteiger charge is 2.24. The molecule has 3 aromatic rings. The van der Waals surface area contributed by atoms with Gasteiger partial charge in [0.05, 0.1) is 10.5 Å². The number of hydrogen-bond donors (Lipinski definition) is 0. The molecule has 0 N–H and O–H groups in total. The Morgan fingerprint density at radius 2 is 1.71 bits per heavy atom. The molecule has 0 saturated carbocycles. The first-order valence-electron chi connectivity index (χ1n) is 10.8. The molecule has 0 unspecified atom stereocenters. The topological polar surface area (TPSA) is 108 Å². The second-order valence-electron chi connectivity index (χ2n) is 8.93. The Bertz CT molecular complexity index is 1360. The zero-order chi connectivity index (χ0) is 25.2. The van der Waals surface area contributed by atoms with Crippen molar-refractivity contribution >= 4 is 29.6 Å².